The van der Waals surface area contributed by atoms with Gasteiger partial charge in [0, 0.05) is 17.8 Å². The molecule has 0 atom stereocenters. The standard InChI is InChI=1S/C17H13N3O2/c21-16-14-4-2-1-3-13(14)5-6-15(16)17(22)20-19-11-12-7-9-18-10-8-12/h1-11,21H,(H,20,22)/b19-11-. The maximum Gasteiger partial charge on any atom is 0.275 e. The van der Waals surface area contributed by atoms with E-state index in [9.17, 15) is 9.90 Å². The smallest absolute Gasteiger partial charge is 0.275 e. The number of benzene rings is 2. The zero-order valence-electron chi connectivity index (χ0n) is 11.6. The fourth-order valence-electron chi connectivity index (χ4n) is 2.11. The summed E-state index contributed by atoms with van der Waals surface area (Å²) in [6.45, 7) is 0. The van der Waals surface area contributed by atoms with Crippen molar-refractivity contribution in [1.82, 2.24) is 10.4 Å². The molecule has 1 amide bonds. The molecular formula is C17H13N3O2. The van der Waals surface area contributed by atoms with Crippen molar-refractivity contribution in [3.8, 4) is 5.75 Å². The number of nitrogens with one attached hydrogen (secondary N) is 1. The number of phenols is 1. The average Bonchev–Trinajstić information content (AvgIpc) is 2.56. The third-order valence-electron chi connectivity index (χ3n) is 3.23. The minimum Gasteiger partial charge on any atom is -0.506 e. The second kappa shape index (κ2) is 6.05. The Morgan fingerprint density at radius 3 is 2.68 bits per heavy atom. The van der Waals surface area contributed by atoms with Crippen molar-refractivity contribution in [2.24, 2.45) is 5.10 Å². The molecule has 0 unspecified atom stereocenters. The van der Waals surface area contributed by atoms with Crippen LogP contribution in [0.2, 0.25) is 0 Å². The van der Waals surface area contributed by atoms with Crippen LogP contribution in [0.4, 0.5) is 0 Å². The Morgan fingerprint density at radius 1 is 1.09 bits per heavy atom. The Balaban J connectivity index is 1.81. The monoisotopic (exact) mass is 291 g/mol. The summed E-state index contributed by atoms with van der Waals surface area (Å²) >= 11 is 0. The molecule has 3 aromatic rings. The molecule has 0 saturated carbocycles. The van der Waals surface area contributed by atoms with Crippen molar-refractivity contribution < 1.29 is 9.90 Å². The molecule has 1 aromatic heterocycles. The number of carbonyl (C=O) groups excluding carboxylic acids is 1. The molecule has 5 heteroatoms. The predicted molar refractivity (Wildman–Crippen MR) is 84.9 cm³/mol. The normalized spacial score (nSPS) is 10.9. The quantitative estimate of drug-likeness (QED) is 0.575. The Labute approximate surface area is 126 Å². The number of rotatable bonds is 3. The number of hydrogen-bond donors (Lipinski definition) is 2. The Morgan fingerprint density at radius 2 is 1.86 bits per heavy atom. The first kappa shape index (κ1) is 13.8. The van der Waals surface area contributed by atoms with Crippen LogP contribution in [0.25, 0.3) is 10.8 Å². The molecule has 0 radical (unpaired) electrons. The highest BCUT2D eigenvalue weighted by atomic mass is 16.3. The number of aromatic nitrogens is 1. The second-order valence-corrected chi connectivity index (χ2v) is 4.66. The Bertz CT molecular complexity index is 845. The predicted octanol–water partition coefficient (Wildman–Crippen LogP) is 2.70. The maximum atomic E-state index is 12.1. The number of fused-ring (bicyclic) bond motifs is 1. The molecule has 22 heavy (non-hydrogen) atoms. The van der Waals surface area contributed by atoms with Crippen molar-refractivity contribution >= 4 is 22.9 Å². The Hall–Kier alpha value is -3.21. The summed E-state index contributed by atoms with van der Waals surface area (Å²) < 4.78 is 0. The van der Waals surface area contributed by atoms with Gasteiger partial charge in [-0.05, 0) is 29.1 Å². The number of amides is 1. The highest BCUT2D eigenvalue weighted by Crippen LogP contribution is 2.28. The van der Waals surface area contributed by atoms with E-state index >= 15 is 0 Å². The zero-order valence-corrected chi connectivity index (χ0v) is 11.6. The van der Waals surface area contributed by atoms with Crippen molar-refractivity contribution in [1.29, 1.82) is 0 Å². The van der Waals surface area contributed by atoms with E-state index in [1.165, 1.54) is 6.21 Å². The summed E-state index contributed by atoms with van der Waals surface area (Å²) in [7, 11) is 0. The maximum absolute atomic E-state index is 12.1. The minimum atomic E-state index is -0.464. The molecule has 0 aliphatic heterocycles. The fourth-order valence-corrected chi connectivity index (χ4v) is 2.11. The third-order valence-corrected chi connectivity index (χ3v) is 3.23. The first-order chi connectivity index (χ1) is 10.8. The van der Waals surface area contributed by atoms with E-state index in [4.69, 9.17) is 0 Å². The van der Waals surface area contributed by atoms with Gasteiger partial charge in [-0.3, -0.25) is 9.78 Å². The van der Waals surface area contributed by atoms with Gasteiger partial charge in [0.15, 0.2) is 0 Å². The lowest BCUT2D eigenvalue weighted by atomic mass is 10.1. The number of carbonyl (C=O) groups is 1. The number of aromatic hydroxyl groups is 1. The van der Waals surface area contributed by atoms with Crippen LogP contribution in [0.1, 0.15) is 15.9 Å². The second-order valence-electron chi connectivity index (χ2n) is 4.66. The van der Waals surface area contributed by atoms with E-state index < -0.39 is 5.91 Å². The van der Waals surface area contributed by atoms with Crippen LogP contribution in [0.15, 0.2) is 66.0 Å². The van der Waals surface area contributed by atoms with E-state index in [1.54, 1.807) is 42.7 Å². The number of hydrazone groups is 1. The number of hydrogen-bond acceptors (Lipinski definition) is 4. The van der Waals surface area contributed by atoms with Crippen LogP contribution in [-0.2, 0) is 0 Å². The molecule has 2 N–H and O–H groups in total. The van der Waals surface area contributed by atoms with Gasteiger partial charge in [-0.25, -0.2) is 5.43 Å². The van der Waals surface area contributed by atoms with Crippen LogP contribution in [0, 0.1) is 0 Å². The van der Waals surface area contributed by atoms with Gasteiger partial charge in [0.05, 0.1) is 11.8 Å². The van der Waals surface area contributed by atoms with Gasteiger partial charge in [-0.2, -0.15) is 5.10 Å². The van der Waals surface area contributed by atoms with Gasteiger partial charge in [-0.1, -0.05) is 30.3 Å². The van der Waals surface area contributed by atoms with E-state index in [0.717, 1.165) is 10.9 Å². The molecule has 108 valence electrons. The van der Waals surface area contributed by atoms with E-state index in [2.05, 4.69) is 15.5 Å². The summed E-state index contributed by atoms with van der Waals surface area (Å²) in [6, 6.07) is 14.2. The summed E-state index contributed by atoms with van der Waals surface area (Å²) in [4.78, 5) is 16.0. The lowest BCUT2D eigenvalue weighted by molar-refractivity contribution is 0.0952. The molecule has 0 bridgehead atoms. The zero-order chi connectivity index (χ0) is 15.4. The SMILES string of the molecule is O=C(N/N=C\c1ccncc1)c1ccc2ccccc2c1O. The summed E-state index contributed by atoms with van der Waals surface area (Å²) in [5.41, 5.74) is 3.41. The van der Waals surface area contributed by atoms with Gasteiger partial charge < -0.3 is 5.11 Å². The summed E-state index contributed by atoms with van der Waals surface area (Å²) in [5, 5.41) is 15.6. The van der Waals surface area contributed by atoms with Gasteiger partial charge in [0.2, 0.25) is 0 Å². The fraction of sp³-hybridized carbons (Fsp3) is 0. The topological polar surface area (TPSA) is 74.6 Å². The highest BCUT2D eigenvalue weighted by Gasteiger charge is 2.12. The number of pyridine rings is 1. The van der Waals surface area contributed by atoms with Crippen LogP contribution in [-0.4, -0.2) is 22.2 Å². The molecule has 0 aliphatic rings. The lowest BCUT2D eigenvalue weighted by Gasteiger charge is -2.06. The lowest BCUT2D eigenvalue weighted by Crippen LogP contribution is -2.17. The summed E-state index contributed by atoms with van der Waals surface area (Å²) in [6.07, 6.45) is 4.79. The highest BCUT2D eigenvalue weighted by molar-refractivity contribution is 6.03. The Kier molecular flexibility index (Phi) is 3.78. The molecule has 0 aliphatic carbocycles. The molecular weight excluding hydrogens is 278 g/mol. The van der Waals surface area contributed by atoms with Crippen molar-refractivity contribution in [3.05, 3.63) is 72.1 Å². The molecule has 2 aromatic carbocycles. The van der Waals surface area contributed by atoms with Crippen LogP contribution in [0.3, 0.4) is 0 Å². The molecule has 5 nitrogen and oxygen atoms in total. The third kappa shape index (κ3) is 2.78. The molecule has 1 heterocycles. The van der Waals surface area contributed by atoms with Crippen molar-refractivity contribution in [3.63, 3.8) is 0 Å². The van der Waals surface area contributed by atoms with E-state index in [-0.39, 0.29) is 11.3 Å². The van der Waals surface area contributed by atoms with Gasteiger partial charge in [-0.15, -0.1) is 0 Å². The number of phenolic OH excluding ortho intramolecular Hbond substituents is 1. The van der Waals surface area contributed by atoms with Gasteiger partial charge in [0.25, 0.3) is 5.91 Å². The first-order valence-electron chi connectivity index (χ1n) is 6.70. The average molecular weight is 291 g/mol. The van der Waals surface area contributed by atoms with Crippen molar-refractivity contribution in [2.75, 3.05) is 0 Å². The molecule has 3 rings (SSSR count). The molecule has 0 spiro atoms. The van der Waals surface area contributed by atoms with Crippen LogP contribution in [0.5, 0.6) is 5.75 Å². The largest absolute Gasteiger partial charge is 0.506 e. The van der Waals surface area contributed by atoms with E-state index in [1.807, 2.05) is 18.2 Å². The van der Waals surface area contributed by atoms with Gasteiger partial charge in [0.1, 0.15) is 5.75 Å². The van der Waals surface area contributed by atoms with Crippen LogP contribution >= 0.6 is 0 Å². The van der Waals surface area contributed by atoms with Crippen LogP contribution < -0.4 is 5.43 Å². The van der Waals surface area contributed by atoms with Crippen molar-refractivity contribution in [2.45, 2.75) is 0 Å². The first-order valence-corrected chi connectivity index (χ1v) is 6.70. The van der Waals surface area contributed by atoms with Gasteiger partial charge >= 0.3 is 0 Å². The van der Waals surface area contributed by atoms with E-state index in [0.29, 0.717) is 5.39 Å². The number of nitrogens with zero attached hydrogens (tertiary/aromatic N) is 2. The molecule has 0 fully saturated rings. The minimum absolute atomic E-state index is 0.0466. The summed E-state index contributed by atoms with van der Waals surface area (Å²) in [5.74, 6) is -0.511. The molecule has 0 saturated heterocycles.